The van der Waals surface area contributed by atoms with Crippen LogP contribution >= 0.6 is 39.1 Å². The topological polar surface area (TPSA) is 38.3 Å². The molecule has 3 aromatic rings. The largest absolute Gasteiger partial charge is 0.483 e. The van der Waals surface area contributed by atoms with Crippen molar-refractivity contribution in [3.05, 3.63) is 81.2 Å². The summed E-state index contributed by atoms with van der Waals surface area (Å²) in [4.78, 5) is 12.1. The molecule has 0 unspecified atom stereocenters. The molecule has 3 rings (SSSR count). The number of anilines is 1. The van der Waals surface area contributed by atoms with E-state index < -0.39 is 0 Å². The van der Waals surface area contributed by atoms with Crippen molar-refractivity contribution in [1.82, 2.24) is 0 Å². The van der Waals surface area contributed by atoms with Gasteiger partial charge in [-0.1, -0.05) is 59.6 Å². The molecule has 0 saturated carbocycles. The van der Waals surface area contributed by atoms with E-state index in [9.17, 15) is 4.79 Å². The van der Waals surface area contributed by atoms with Gasteiger partial charge in [-0.2, -0.15) is 0 Å². The Hall–Kier alpha value is -2.01. The van der Waals surface area contributed by atoms with Crippen LogP contribution in [0.5, 0.6) is 5.75 Å². The van der Waals surface area contributed by atoms with Gasteiger partial charge in [0.05, 0.1) is 14.5 Å². The molecule has 0 aromatic heterocycles. The van der Waals surface area contributed by atoms with Crippen molar-refractivity contribution < 1.29 is 9.53 Å². The van der Waals surface area contributed by atoms with E-state index in [1.165, 1.54) is 0 Å². The molecule has 0 aliphatic carbocycles. The third-order valence-corrected chi connectivity index (χ3v) is 4.96. The number of hydrogen-bond donors (Lipinski definition) is 1. The first-order valence-corrected chi connectivity index (χ1v) is 9.30. The zero-order chi connectivity index (χ0) is 18.5. The van der Waals surface area contributed by atoms with Crippen molar-refractivity contribution in [3.8, 4) is 16.9 Å². The maximum atomic E-state index is 12.1. The molecular formula is C20H14BrCl2NO2. The highest BCUT2D eigenvalue weighted by Crippen LogP contribution is 2.31. The van der Waals surface area contributed by atoms with Crippen LogP contribution in [-0.4, -0.2) is 12.5 Å². The summed E-state index contributed by atoms with van der Waals surface area (Å²) >= 11 is 15.3. The molecule has 3 aromatic carbocycles. The monoisotopic (exact) mass is 449 g/mol. The first kappa shape index (κ1) is 18.8. The molecule has 0 heterocycles. The van der Waals surface area contributed by atoms with Crippen molar-refractivity contribution in [2.75, 3.05) is 11.9 Å². The molecule has 0 radical (unpaired) electrons. The Bertz CT molecular complexity index is 932. The molecule has 3 nitrogen and oxygen atoms in total. The molecule has 1 amide bonds. The predicted octanol–water partition coefficient (Wildman–Crippen LogP) is 6.44. The Morgan fingerprint density at radius 2 is 1.69 bits per heavy atom. The van der Waals surface area contributed by atoms with E-state index in [1.54, 1.807) is 18.2 Å². The highest BCUT2D eigenvalue weighted by atomic mass is 79.9. The zero-order valence-electron chi connectivity index (χ0n) is 13.5. The second kappa shape index (κ2) is 8.58. The molecule has 6 heteroatoms. The quantitative estimate of drug-likeness (QED) is 0.485. The van der Waals surface area contributed by atoms with E-state index >= 15 is 0 Å². The second-order valence-electron chi connectivity index (χ2n) is 5.48. The van der Waals surface area contributed by atoms with Crippen LogP contribution in [0.15, 0.2) is 71.2 Å². The smallest absolute Gasteiger partial charge is 0.262 e. The van der Waals surface area contributed by atoms with Crippen LogP contribution in [0.4, 0.5) is 5.69 Å². The number of benzene rings is 3. The average Bonchev–Trinajstić information content (AvgIpc) is 2.64. The lowest BCUT2D eigenvalue weighted by Crippen LogP contribution is -2.20. The number of hydrogen-bond acceptors (Lipinski definition) is 2. The number of halogens is 3. The van der Waals surface area contributed by atoms with Gasteiger partial charge in [-0.3, -0.25) is 4.79 Å². The Balaban J connectivity index is 1.62. The van der Waals surface area contributed by atoms with E-state index in [2.05, 4.69) is 21.2 Å². The third-order valence-electron chi connectivity index (χ3n) is 3.60. The van der Waals surface area contributed by atoms with Crippen LogP contribution in [0.1, 0.15) is 0 Å². The Morgan fingerprint density at radius 1 is 0.923 bits per heavy atom. The fourth-order valence-electron chi connectivity index (χ4n) is 2.34. The van der Waals surface area contributed by atoms with Crippen molar-refractivity contribution in [1.29, 1.82) is 0 Å². The van der Waals surface area contributed by atoms with E-state index in [0.29, 0.717) is 21.5 Å². The van der Waals surface area contributed by atoms with E-state index in [-0.39, 0.29) is 12.5 Å². The molecule has 0 aliphatic rings. The Kier molecular flexibility index (Phi) is 6.20. The molecule has 0 atom stereocenters. The van der Waals surface area contributed by atoms with Gasteiger partial charge in [0.15, 0.2) is 6.61 Å². The number of ether oxygens (including phenoxy) is 1. The Morgan fingerprint density at radius 3 is 2.38 bits per heavy atom. The molecule has 1 N–H and O–H groups in total. The molecule has 132 valence electrons. The average molecular weight is 451 g/mol. The molecule has 26 heavy (non-hydrogen) atoms. The van der Waals surface area contributed by atoms with Crippen LogP contribution in [0, 0.1) is 0 Å². The van der Waals surface area contributed by atoms with Crippen LogP contribution in [0.3, 0.4) is 0 Å². The van der Waals surface area contributed by atoms with Gasteiger partial charge < -0.3 is 10.1 Å². The van der Waals surface area contributed by atoms with E-state index in [1.807, 2.05) is 48.5 Å². The SMILES string of the molecule is O=C(COc1ccc(-c2ccccc2)cc1Br)Nc1ccc(Cl)c(Cl)c1. The third kappa shape index (κ3) is 4.79. The molecule has 0 fully saturated rings. The molecule has 0 saturated heterocycles. The fraction of sp³-hybridized carbons (Fsp3) is 0.0500. The summed E-state index contributed by atoms with van der Waals surface area (Å²) in [5.41, 5.74) is 2.73. The van der Waals surface area contributed by atoms with Gasteiger partial charge in [0.25, 0.3) is 5.91 Å². The highest BCUT2D eigenvalue weighted by molar-refractivity contribution is 9.10. The summed E-state index contributed by atoms with van der Waals surface area (Å²) in [5.74, 6) is 0.302. The molecule has 0 aliphatic heterocycles. The zero-order valence-corrected chi connectivity index (χ0v) is 16.6. The normalized spacial score (nSPS) is 10.4. The molecule has 0 bridgehead atoms. The lowest BCUT2D eigenvalue weighted by Gasteiger charge is -2.11. The van der Waals surface area contributed by atoms with Crippen molar-refractivity contribution >= 4 is 50.7 Å². The standard InChI is InChI=1S/C20H14BrCl2NO2/c21-16-10-14(13-4-2-1-3-5-13)6-9-19(16)26-12-20(25)24-15-7-8-17(22)18(23)11-15/h1-11H,12H2,(H,24,25). The van der Waals surface area contributed by atoms with Gasteiger partial charge >= 0.3 is 0 Å². The summed E-state index contributed by atoms with van der Waals surface area (Å²) in [6.07, 6.45) is 0. The van der Waals surface area contributed by atoms with Gasteiger partial charge in [-0.05, 0) is 57.4 Å². The summed E-state index contributed by atoms with van der Waals surface area (Å²) in [5, 5.41) is 3.53. The number of carbonyl (C=O) groups is 1. The van der Waals surface area contributed by atoms with Crippen molar-refractivity contribution in [2.24, 2.45) is 0 Å². The lowest BCUT2D eigenvalue weighted by atomic mass is 10.1. The van der Waals surface area contributed by atoms with Crippen molar-refractivity contribution in [3.63, 3.8) is 0 Å². The minimum Gasteiger partial charge on any atom is -0.483 e. The second-order valence-corrected chi connectivity index (χ2v) is 7.15. The van der Waals surface area contributed by atoms with Crippen LogP contribution in [0.25, 0.3) is 11.1 Å². The maximum Gasteiger partial charge on any atom is 0.262 e. The van der Waals surface area contributed by atoms with E-state index in [0.717, 1.165) is 15.6 Å². The minimum atomic E-state index is -0.289. The summed E-state index contributed by atoms with van der Waals surface area (Å²) in [6.45, 7) is -0.121. The molecule has 0 spiro atoms. The summed E-state index contributed by atoms with van der Waals surface area (Å²) in [6, 6.07) is 20.7. The summed E-state index contributed by atoms with van der Waals surface area (Å²) < 4.78 is 6.38. The van der Waals surface area contributed by atoms with Crippen molar-refractivity contribution in [2.45, 2.75) is 0 Å². The summed E-state index contributed by atoms with van der Waals surface area (Å²) in [7, 11) is 0. The Labute approximate surface area is 170 Å². The van der Waals surface area contributed by atoms with Gasteiger partial charge in [0.2, 0.25) is 0 Å². The van der Waals surface area contributed by atoms with Gasteiger partial charge in [0, 0.05) is 5.69 Å². The van der Waals surface area contributed by atoms with Gasteiger partial charge in [-0.25, -0.2) is 0 Å². The number of amides is 1. The molecular weight excluding hydrogens is 437 g/mol. The number of carbonyl (C=O) groups excluding carboxylic acids is 1. The maximum absolute atomic E-state index is 12.1. The lowest BCUT2D eigenvalue weighted by molar-refractivity contribution is -0.118. The van der Waals surface area contributed by atoms with Gasteiger partial charge in [-0.15, -0.1) is 0 Å². The first-order chi connectivity index (χ1) is 12.5. The predicted molar refractivity (Wildman–Crippen MR) is 110 cm³/mol. The van der Waals surface area contributed by atoms with Crippen LogP contribution < -0.4 is 10.1 Å². The first-order valence-electron chi connectivity index (χ1n) is 7.75. The number of nitrogens with one attached hydrogen (secondary N) is 1. The minimum absolute atomic E-state index is 0.121. The number of rotatable bonds is 5. The van der Waals surface area contributed by atoms with E-state index in [4.69, 9.17) is 27.9 Å². The van der Waals surface area contributed by atoms with Crippen LogP contribution in [0.2, 0.25) is 10.0 Å². The fourth-order valence-corrected chi connectivity index (χ4v) is 3.13. The van der Waals surface area contributed by atoms with Gasteiger partial charge in [0.1, 0.15) is 5.75 Å². The highest BCUT2D eigenvalue weighted by Gasteiger charge is 2.09. The van der Waals surface area contributed by atoms with Crippen LogP contribution in [-0.2, 0) is 4.79 Å².